The van der Waals surface area contributed by atoms with Crippen molar-refractivity contribution in [3.63, 3.8) is 0 Å². The maximum atomic E-state index is 11.6. The van der Waals surface area contributed by atoms with Crippen LogP contribution in [0.3, 0.4) is 0 Å². The lowest BCUT2D eigenvalue weighted by molar-refractivity contribution is -0.0432. The molecule has 9 heteroatoms. The maximum Gasteiger partial charge on any atom is 0.280 e. The highest BCUT2D eigenvalue weighted by Gasteiger charge is 2.35. The maximum absolute atomic E-state index is 11.6. The van der Waals surface area contributed by atoms with E-state index in [0.717, 1.165) is 0 Å². The molecule has 1 fully saturated rings. The first kappa shape index (κ1) is 15.2. The molecule has 0 aromatic carbocycles. The molecule has 3 heterocycles. The van der Waals surface area contributed by atoms with Gasteiger partial charge in [0, 0.05) is 6.42 Å². The Kier molecular flexibility index (Phi) is 4.36. The molecule has 2 aromatic rings. The van der Waals surface area contributed by atoms with Gasteiger partial charge < -0.3 is 20.7 Å². The molecule has 3 rings (SSSR count). The third kappa shape index (κ3) is 2.66. The third-order valence-electron chi connectivity index (χ3n) is 3.15. The number of ether oxygens (including phenoxy) is 1. The largest absolute Gasteiger partial charge is 0.394 e. The summed E-state index contributed by atoms with van der Waals surface area (Å²) in [5.41, 5.74) is 5.50. The van der Waals surface area contributed by atoms with Crippen molar-refractivity contribution >= 4 is 17.1 Å². The summed E-state index contributed by atoms with van der Waals surface area (Å²) in [5, 5.41) is 18.8. The number of rotatable bonds is 2. The second-order valence-electron chi connectivity index (χ2n) is 4.39. The van der Waals surface area contributed by atoms with E-state index in [-0.39, 0.29) is 30.1 Å². The van der Waals surface area contributed by atoms with E-state index in [4.69, 9.17) is 15.6 Å². The van der Waals surface area contributed by atoms with Crippen molar-refractivity contribution in [3.05, 3.63) is 29.8 Å². The summed E-state index contributed by atoms with van der Waals surface area (Å²) in [6.45, 7) is 5.72. The number of nitrogens with zero attached hydrogens (tertiary/aromatic N) is 3. The minimum Gasteiger partial charge on any atom is -0.394 e. The second kappa shape index (κ2) is 6.04. The number of nitrogens with two attached hydrogens (primary N) is 1. The van der Waals surface area contributed by atoms with E-state index in [2.05, 4.69) is 28.1 Å². The smallest absolute Gasteiger partial charge is 0.280 e. The standard InChI is InChI=1S/C10H13N5O4.C2H4/c11-10-13-8-7(9(18)14-10)12-3-15(8)6-1-4(17)5(2-16)19-6;1-2/h3-6,16-17H,1-2H2,(H3,11,13,14,18);1-2H2/t4-,5+,6+;/m0./s1. The molecule has 0 aliphatic carbocycles. The van der Waals surface area contributed by atoms with Crippen LogP contribution in [-0.4, -0.2) is 48.5 Å². The fourth-order valence-corrected chi connectivity index (χ4v) is 2.20. The molecule has 5 N–H and O–H groups in total. The molecule has 0 bridgehead atoms. The van der Waals surface area contributed by atoms with Crippen LogP contribution in [0.2, 0.25) is 0 Å². The molecular weight excluding hydrogens is 278 g/mol. The van der Waals surface area contributed by atoms with Crippen molar-refractivity contribution in [2.45, 2.75) is 24.9 Å². The van der Waals surface area contributed by atoms with Gasteiger partial charge in [0.05, 0.1) is 19.0 Å². The van der Waals surface area contributed by atoms with Crippen LogP contribution < -0.4 is 11.3 Å². The lowest BCUT2D eigenvalue weighted by Gasteiger charge is -2.13. The van der Waals surface area contributed by atoms with E-state index in [0.29, 0.717) is 0 Å². The first-order chi connectivity index (χ1) is 10.1. The van der Waals surface area contributed by atoms with Crippen LogP contribution in [0.25, 0.3) is 11.2 Å². The highest BCUT2D eigenvalue weighted by atomic mass is 16.5. The number of nitrogens with one attached hydrogen (secondary N) is 1. The summed E-state index contributed by atoms with van der Waals surface area (Å²) in [6.07, 6.45) is -0.270. The monoisotopic (exact) mass is 295 g/mol. The summed E-state index contributed by atoms with van der Waals surface area (Å²) in [4.78, 5) is 22.0. The third-order valence-corrected chi connectivity index (χ3v) is 3.15. The molecule has 0 spiro atoms. The summed E-state index contributed by atoms with van der Waals surface area (Å²) < 4.78 is 7.01. The van der Waals surface area contributed by atoms with Crippen molar-refractivity contribution in [1.82, 2.24) is 19.5 Å². The van der Waals surface area contributed by atoms with Crippen molar-refractivity contribution < 1.29 is 14.9 Å². The molecule has 21 heavy (non-hydrogen) atoms. The molecule has 114 valence electrons. The van der Waals surface area contributed by atoms with Gasteiger partial charge in [0.1, 0.15) is 12.3 Å². The van der Waals surface area contributed by atoms with Crippen molar-refractivity contribution in [1.29, 1.82) is 0 Å². The van der Waals surface area contributed by atoms with Gasteiger partial charge in [-0.3, -0.25) is 14.3 Å². The van der Waals surface area contributed by atoms with Gasteiger partial charge in [-0.05, 0) is 0 Å². The minimum absolute atomic E-state index is 0.0171. The van der Waals surface area contributed by atoms with Crippen LogP contribution in [0.4, 0.5) is 5.95 Å². The van der Waals surface area contributed by atoms with Gasteiger partial charge in [0.2, 0.25) is 5.95 Å². The van der Waals surface area contributed by atoms with Gasteiger partial charge >= 0.3 is 0 Å². The molecule has 0 radical (unpaired) electrons. The topological polar surface area (TPSA) is 139 Å². The zero-order valence-electron chi connectivity index (χ0n) is 11.3. The number of H-pyrrole nitrogens is 1. The van der Waals surface area contributed by atoms with Crippen LogP contribution in [0.5, 0.6) is 0 Å². The van der Waals surface area contributed by atoms with Gasteiger partial charge in [-0.25, -0.2) is 4.98 Å². The number of aromatic nitrogens is 4. The van der Waals surface area contributed by atoms with E-state index in [9.17, 15) is 9.90 Å². The Morgan fingerprint density at radius 2 is 2.29 bits per heavy atom. The fourth-order valence-electron chi connectivity index (χ4n) is 2.20. The van der Waals surface area contributed by atoms with Crippen molar-refractivity contribution in [3.8, 4) is 0 Å². The van der Waals surface area contributed by atoms with Gasteiger partial charge in [0.15, 0.2) is 11.2 Å². The Morgan fingerprint density at radius 1 is 1.57 bits per heavy atom. The predicted octanol–water partition coefficient (Wildman–Crippen LogP) is -0.855. The Bertz CT molecular complexity index is 682. The van der Waals surface area contributed by atoms with Gasteiger partial charge in [-0.1, -0.05) is 0 Å². The van der Waals surface area contributed by atoms with Crippen LogP contribution in [0.15, 0.2) is 24.3 Å². The Balaban J connectivity index is 0.000000774. The quantitative estimate of drug-likeness (QED) is 0.529. The molecule has 0 unspecified atom stereocenters. The highest BCUT2D eigenvalue weighted by Crippen LogP contribution is 2.30. The summed E-state index contributed by atoms with van der Waals surface area (Å²) in [5.74, 6) is -0.0171. The predicted molar refractivity (Wildman–Crippen MR) is 75.4 cm³/mol. The number of fused-ring (bicyclic) bond motifs is 1. The Labute approximate surface area is 119 Å². The van der Waals surface area contributed by atoms with Crippen LogP contribution >= 0.6 is 0 Å². The lowest BCUT2D eigenvalue weighted by atomic mass is 10.2. The number of anilines is 1. The van der Waals surface area contributed by atoms with Crippen molar-refractivity contribution in [2.24, 2.45) is 0 Å². The summed E-state index contributed by atoms with van der Waals surface area (Å²) >= 11 is 0. The first-order valence-electron chi connectivity index (χ1n) is 6.27. The SMILES string of the molecule is C=C.Nc1nc2c(ncn2[C@H]2C[C@H](O)[C@@H](CO)O2)c(=O)[nH]1. The lowest BCUT2D eigenvalue weighted by Crippen LogP contribution is -2.24. The normalized spacial score (nSPS) is 24.8. The van der Waals surface area contributed by atoms with Crippen molar-refractivity contribution in [2.75, 3.05) is 12.3 Å². The number of nitrogen functional groups attached to an aromatic ring is 1. The molecule has 2 aromatic heterocycles. The fraction of sp³-hybridized carbons (Fsp3) is 0.417. The number of hydrogen-bond acceptors (Lipinski definition) is 7. The van der Waals surface area contributed by atoms with Crippen LogP contribution in [0.1, 0.15) is 12.6 Å². The van der Waals surface area contributed by atoms with E-state index in [1.54, 1.807) is 0 Å². The number of aliphatic hydroxyl groups is 2. The molecule has 9 nitrogen and oxygen atoms in total. The van der Waals surface area contributed by atoms with Crippen LogP contribution in [-0.2, 0) is 4.74 Å². The summed E-state index contributed by atoms with van der Waals surface area (Å²) in [6, 6.07) is 0. The Hall–Kier alpha value is -2.23. The first-order valence-corrected chi connectivity index (χ1v) is 6.27. The second-order valence-corrected chi connectivity index (χ2v) is 4.39. The zero-order valence-corrected chi connectivity index (χ0v) is 11.3. The molecule has 3 atom stereocenters. The zero-order chi connectivity index (χ0) is 15.6. The van der Waals surface area contributed by atoms with E-state index >= 15 is 0 Å². The van der Waals surface area contributed by atoms with E-state index in [1.807, 2.05) is 0 Å². The summed E-state index contributed by atoms with van der Waals surface area (Å²) in [7, 11) is 0. The van der Waals surface area contributed by atoms with Gasteiger partial charge in [0.25, 0.3) is 5.56 Å². The van der Waals surface area contributed by atoms with E-state index < -0.39 is 24.0 Å². The van der Waals surface area contributed by atoms with Gasteiger partial charge in [-0.15, -0.1) is 13.2 Å². The van der Waals surface area contributed by atoms with E-state index in [1.165, 1.54) is 10.9 Å². The number of aromatic amines is 1. The minimum atomic E-state index is -0.771. The highest BCUT2D eigenvalue weighted by molar-refractivity contribution is 5.70. The molecular formula is C12H17N5O4. The average Bonchev–Trinajstić information content (AvgIpc) is 3.04. The number of imidazole rings is 1. The molecule has 1 saturated heterocycles. The molecule has 0 saturated carbocycles. The number of hydrogen-bond donors (Lipinski definition) is 4. The molecule has 0 amide bonds. The number of aliphatic hydroxyl groups excluding tert-OH is 2. The molecule has 1 aliphatic rings. The average molecular weight is 295 g/mol. The Morgan fingerprint density at radius 3 is 2.90 bits per heavy atom. The van der Waals surface area contributed by atoms with Gasteiger partial charge in [-0.2, -0.15) is 4.98 Å². The van der Waals surface area contributed by atoms with Crippen LogP contribution in [0, 0.1) is 0 Å². The molecule has 1 aliphatic heterocycles.